The first-order valence-corrected chi connectivity index (χ1v) is 22.7. The number of rotatable bonds is 24. The molecule has 0 aliphatic heterocycles. The van der Waals surface area contributed by atoms with Crippen LogP contribution < -0.4 is 10.6 Å². The van der Waals surface area contributed by atoms with Gasteiger partial charge in [-0.25, -0.2) is 0 Å². The molecule has 0 saturated heterocycles. The van der Waals surface area contributed by atoms with Gasteiger partial charge in [0.05, 0.1) is 23.3 Å². The lowest BCUT2D eigenvalue weighted by molar-refractivity contribution is -0.147. The summed E-state index contributed by atoms with van der Waals surface area (Å²) in [7, 11) is 0. The third-order valence-electron chi connectivity index (χ3n) is 13.1. The van der Waals surface area contributed by atoms with Gasteiger partial charge in [0.1, 0.15) is 5.41 Å². The van der Waals surface area contributed by atoms with Crippen LogP contribution in [-0.4, -0.2) is 33.2 Å². The number of benzene rings is 4. The predicted molar refractivity (Wildman–Crippen MR) is 237 cm³/mol. The van der Waals surface area contributed by atoms with Crippen molar-refractivity contribution in [3.8, 4) is 0 Å². The quantitative estimate of drug-likeness (QED) is 0.0421. The van der Waals surface area contributed by atoms with Crippen LogP contribution in [0, 0.1) is 5.41 Å². The highest BCUT2D eigenvalue weighted by Gasteiger charge is 2.52. The van der Waals surface area contributed by atoms with Crippen LogP contribution in [0.15, 0.2) is 84.9 Å². The molecule has 1 aliphatic rings. The molecule has 0 radical (unpaired) electrons. The number of carbonyl (C=O) groups is 2. The maximum Gasteiger partial charge on any atom is 0.236 e. The standard InChI is InChI=1S/C51H72N2O4/c1-5-9-17-35-50(56,36-18-10-6-2)45(43-31-23-27-39-25-13-15-29-41(39)43)52-47(54)49(33-21-22-34-49)48(55)53-46(44-32-24-28-40-26-14-16-30-42(40)44)51(57,37-19-11-7-3)38-20-12-8-4/h13-16,23-32,45-46,56-57H,5-12,17-22,33-38H2,1-4H3,(H,52,54)(H,53,55)/t45-,46-/m0/s1. The first-order valence-electron chi connectivity index (χ1n) is 22.7. The summed E-state index contributed by atoms with van der Waals surface area (Å²) in [5.41, 5.74) is -1.97. The summed E-state index contributed by atoms with van der Waals surface area (Å²) in [6, 6.07) is 27.2. The minimum atomic E-state index is -1.34. The Labute approximate surface area is 343 Å². The van der Waals surface area contributed by atoms with E-state index in [0.717, 1.165) is 123 Å². The molecule has 4 N–H and O–H groups in total. The summed E-state index contributed by atoms with van der Waals surface area (Å²) in [6.45, 7) is 8.68. The Morgan fingerprint density at radius 1 is 0.526 bits per heavy atom. The van der Waals surface area contributed by atoms with Crippen molar-refractivity contribution in [3.63, 3.8) is 0 Å². The maximum absolute atomic E-state index is 15.3. The Morgan fingerprint density at radius 3 is 1.21 bits per heavy atom. The Balaban J connectivity index is 1.59. The van der Waals surface area contributed by atoms with E-state index < -0.39 is 28.7 Å². The number of amides is 2. The number of aliphatic hydroxyl groups is 2. The second-order valence-electron chi connectivity index (χ2n) is 17.3. The maximum atomic E-state index is 15.3. The Morgan fingerprint density at radius 2 is 0.860 bits per heavy atom. The van der Waals surface area contributed by atoms with Crippen molar-refractivity contribution < 1.29 is 19.8 Å². The van der Waals surface area contributed by atoms with Gasteiger partial charge in [-0.1, -0.05) is 203 Å². The second kappa shape index (κ2) is 21.3. The number of hydrogen-bond donors (Lipinski definition) is 4. The summed E-state index contributed by atoms with van der Waals surface area (Å²) in [4.78, 5) is 30.6. The highest BCUT2D eigenvalue weighted by Crippen LogP contribution is 2.45. The smallest absolute Gasteiger partial charge is 0.236 e. The molecule has 2 atom stereocenters. The predicted octanol–water partition coefficient (Wildman–Crippen LogP) is 12.4. The van der Waals surface area contributed by atoms with E-state index in [1.54, 1.807) is 0 Å². The van der Waals surface area contributed by atoms with Gasteiger partial charge < -0.3 is 20.8 Å². The zero-order valence-corrected chi connectivity index (χ0v) is 35.6. The van der Waals surface area contributed by atoms with Crippen LogP contribution in [0.2, 0.25) is 0 Å². The molecule has 6 heteroatoms. The van der Waals surface area contributed by atoms with Crippen LogP contribution in [-0.2, 0) is 9.59 Å². The van der Waals surface area contributed by atoms with Gasteiger partial charge in [0.25, 0.3) is 0 Å². The molecule has 0 aromatic heterocycles. The van der Waals surface area contributed by atoms with Crippen LogP contribution in [0.4, 0.5) is 0 Å². The molecule has 0 bridgehead atoms. The molecule has 0 spiro atoms. The molecule has 6 nitrogen and oxygen atoms in total. The van der Waals surface area contributed by atoms with E-state index in [1.165, 1.54) is 0 Å². The average molecular weight is 777 g/mol. The number of hydrogen-bond acceptors (Lipinski definition) is 4. The first kappa shape index (κ1) is 44.4. The Kier molecular flexibility index (Phi) is 16.6. The minimum Gasteiger partial charge on any atom is -0.387 e. The number of fused-ring (bicyclic) bond motifs is 2. The lowest BCUT2D eigenvalue weighted by Crippen LogP contribution is -2.57. The van der Waals surface area contributed by atoms with Gasteiger partial charge in [0.15, 0.2) is 0 Å². The van der Waals surface area contributed by atoms with Crippen LogP contribution in [0.25, 0.3) is 21.5 Å². The van der Waals surface area contributed by atoms with Crippen molar-refractivity contribution in [2.24, 2.45) is 5.41 Å². The molecule has 1 aliphatic carbocycles. The summed E-state index contributed by atoms with van der Waals surface area (Å²) in [5, 5.41) is 36.8. The molecule has 0 unspecified atom stereocenters. The molecule has 1 fully saturated rings. The van der Waals surface area contributed by atoms with E-state index in [-0.39, 0.29) is 11.8 Å². The largest absolute Gasteiger partial charge is 0.387 e. The van der Waals surface area contributed by atoms with Crippen LogP contribution in [0.5, 0.6) is 0 Å². The molecule has 4 aromatic carbocycles. The highest BCUT2D eigenvalue weighted by atomic mass is 16.3. The zero-order valence-electron chi connectivity index (χ0n) is 35.6. The molecule has 4 aromatic rings. The van der Waals surface area contributed by atoms with Crippen molar-refractivity contribution >= 4 is 33.4 Å². The minimum absolute atomic E-state index is 0.322. The van der Waals surface area contributed by atoms with E-state index in [1.807, 2.05) is 48.5 Å². The van der Waals surface area contributed by atoms with Gasteiger partial charge in [-0.05, 0) is 71.2 Å². The van der Waals surface area contributed by atoms with Gasteiger partial charge in [0, 0.05) is 0 Å². The molecule has 2 amide bonds. The summed E-state index contributed by atoms with van der Waals surface area (Å²) in [6.07, 6.45) is 16.1. The van der Waals surface area contributed by atoms with E-state index in [9.17, 15) is 10.2 Å². The second-order valence-corrected chi connectivity index (χ2v) is 17.3. The topological polar surface area (TPSA) is 98.7 Å². The molecule has 57 heavy (non-hydrogen) atoms. The lowest BCUT2D eigenvalue weighted by atomic mass is 9.76. The number of nitrogens with one attached hydrogen (secondary N) is 2. The number of unbranched alkanes of at least 4 members (excludes halogenated alkanes) is 8. The average Bonchev–Trinajstić information content (AvgIpc) is 3.74. The van der Waals surface area contributed by atoms with E-state index in [2.05, 4.69) is 74.7 Å². The third-order valence-corrected chi connectivity index (χ3v) is 13.1. The van der Waals surface area contributed by atoms with Crippen molar-refractivity contribution in [1.29, 1.82) is 0 Å². The molecule has 0 heterocycles. The van der Waals surface area contributed by atoms with Gasteiger partial charge in [-0.3, -0.25) is 9.59 Å². The highest BCUT2D eigenvalue weighted by molar-refractivity contribution is 6.06. The van der Waals surface area contributed by atoms with E-state index >= 15 is 9.59 Å². The van der Waals surface area contributed by atoms with Crippen LogP contribution >= 0.6 is 0 Å². The van der Waals surface area contributed by atoms with Crippen molar-refractivity contribution in [1.82, 2.24) is 10.6 Å². The fourth-order valence-corrected chi connectivity index (χ4v) is 9.63. The Bertz CT molecular complexity index is 1700. The Hall–Kier alpha value is -3.74. The van der Waals surface area contributed by atoms with Gasteiger partial charge in [-0.2, -0.15) is 0 Å². The van der Waals surface area contributed by atoms with E-state index in [0.29, 0.717) is 38.5 Å². The van der Waals surface area contributed by atoms with Crippen LogP contribution in [0.3, 0.4) is 0 Å². The van der Waals surface area contributed by atoms with Crippen molar-refractivity contribution in [3.05, 3.63) is 96.1 Å². The molecular weight excluding hydrogens is 705 g/mol. The van der Waals surface area contributed by atoms with E-state index in [4.69, 9.17) is 0 Å². The third kappa shape index (κ3) is 10.7. The van der Waals surface area contributed by atoms with Gasteiger partial charge >= 0.3 is 0 Å². The molecular formula is C51H72N2O4. The summed E-state index contributed by atoms with van der Waals surface area (Å²) in [5.74, 6) is -0.644. The van der Waals surface area contributed by atoms with Gasteiger partial charge in [-0.15, -0.1) is 0 Å². The van der Waals surface area contributed by atoms with Gasteiger partial charge in [0.2, 0.25) is 11.8 Å². The van der Waals surface area contributed by atoms with Crippen molar-refractivity contribution in [2.75, 3.05) is 0 Å². The normalized spacial score (nSPS) is 15.5. The SMILES string of the molecule is CCCCCC(O)(CCCCC)[C@@H](NC(=O)C1(C(=O)N[C@@H](c2cccc3ccccc23)C(O)(CCCCC)CCCCC)CCCC1)c1cccc2ccccc12. The molecule has 5 rings (SSSR count). The van der Waals surface area contributed by atoms with Crippen LogP contribution in [0.1, 0.15) is 179 Å². The summed E-state index contributed by atoms with van der Waals surface area (Å²) >= 11 is 0. The fourth-order valence-electron chi connectivity index (χ4n) is 9.63. The van der Waals surface area contributed by atoms with Crippen molar-refractivity contribution in [2.45, 2.75) is 179 Å². The first-order chi connectivity index (χ1) is 27.7. The fraction of sp³-hybridized carbons (Fsp3) is 0.569. The zero-order chi connectivity index (χ0) is 40.7. The lowest BCUT2D eigenvalue weighted by Gasteiger charge is -2.42. The number of carbonyl (C=O) groups excluding carboxylic acids is 2. The monoisotopic (exact) mass is 777 g/mol. The summed E-state index contributed by atoms with van der Waals surface area (Å²) < 4.78 is 0. The molecule has 1 saturated carbocycles. The molecule has 310 valence electrons.